The summed E-state index contributed by atoms with van der Waals surface area (Å²) in [5.41, 5.74) is 6.35. The summed E-state index contributed by atoms with van der Waals surface area (Å²) < 4.78 is 10.7. The van der Waals surface area contributed by atoms with Crippen molar-refractivity contribution in [3.05, 3.63) is 41.5 Å². The summed E-state index contributed by atoms with van der Waals surface area (Å²) >= 11 is 0. The van der Waals surface area contributed by atoms with Crippen LogP contribution in [0.4, 0.5) is 5.69 Å². The normalized spacial score (nSPS) is 18.4. The Bertz CT molecular complexity index is 756. The molecule has 1 saturated heterocycles. The van der Waals surface area contributed by atoms with Gasteiger partial charge < -0.3 is 19.9 Å². The van der Waals surface area contributed by atoms with Crippen LogP contribution in [0.5, 0.6) is 0 Å². The van der Waals surface area contributed by atoms with E-state index in [1.807, 2.05) is 30.9 Å². The fourth-order valence-electron chi connectivity index (χ4n) is 2.97. The number of benzene rings is 1. The fourth-order valence-corrected chi connectivity index (χ4v) is 2.97. The molecule has 2 heterocycles. The van der Waals surface area contributed by atoms with E-state index in [-0.39, 0.29) is 11.8 Å². The van der Waals surface area contributed by atoms with E-state index in [0.717, 1.165) is 12.8 Å². The van der Waals surface area contributed by atoms with Crippen LogP contribution in [0.1, 0.15) is 54.7 Å². The number of anilines is 1. The molecule has 25 heavy (non-hydrogen) atoms. The smallest absolute Gasteiger partial charge is 0.258 e. The Balaban J connectivity index is 1.76. The largest absolute Gasteiger partial charge is 0.398 e. The number of nitrogen functional groups attached to an aromatic ring is 1. The van der Waals surface area contributed by atoms with E-state index in [9.17, 15) is 4.79 Å². The molecule has 0 saturated carbocycles. The van der Waals surface area contributed by atoms with Gasteiger partial charge in [-0.05, 0) is 38.8 Å². The third-order valence-corrected chi connectivity index (χ3v) is 4.73. The Morgan fingerprint density at radius 1 is 1.40 bits per heavy atom. The molecule has 1 aromatic carbocycles. The monoisotopic (exact) mass is 344 g/mol. The molecule has 1 amide bonds. The van der Waals surface area contributed by atoms with E-state index >= 15 is 0 Å². The van der Waals surface area contributed by atoms with Gasteiger partial charge in [-0.2, -0.15) is 4.98 Å². The van der Waals surface area contributed by atoms with E-state index in [1.54, 1.807) is 19.2 Å². The second-order valence-electron chi connectivity index (χ2n) is 6.85. The number of hydrogen-bond acceptors (Lipinski definition) is 6. The van der Waals surface area contributed by atoms with Crippen LogP contribution in [-0.4, -0.2) is 41.1 Å². The van der Waals surface area contributed by atoms with Gasteiger partial charge in [-0.3, -0.25) is 4.79 Å². The summed E-state index contributed by atoms with van der Waals surface area (Å²) in [5.74, 6) is 1.07. The number of nitrogens with zero attached hydrogens (tertiary/aromatic N) is 3. The van der Waals surface area contributed by atoms with Crippen LogP contribution in [0.2, 0.25) is 0 Å². The number of para-hydroxylation sites is 1. The van der Waals surface area contributed by atoms with Gasteiger partial charge in [0.25, 0.3) is 11.8 Å². The molecule has 0 radical (unpaired) electrons. The van der Waals surface area contributed by atoms with Gasteiger partial charge in [0.15, 0.2) is 5.82 Å². The standard InChI is InChI=1S/C18H24N4O3/c1-18(2,24-3)17-20-15(21-25-17)12-7-6-10-22(11-12)16(23)13-8-4-5-9-14(13)19/h4-5,8-9,12H,6-7,10-11,19H2,1-3H3. The number of methoxy groups -OCH3 is 1. The maximum absolute atomic E-state index is 12.8. The quantitative estimate of drug-likeness (QED) is 0.857. The number of amides is 1. The van der Waals surface area contributed by atoms with Gasteiger partial charge >= 0.3 is 0 Å². The number of nitrogens with two attached hydrogens (primary N) is 1. The third kappa shape index (κ3) is 3.51. The van der Waals surface area contributed by atoms with Crippen molar-refractivity contribution in [1.29, 1.82) is 0 Å². The Labute approximate surface area is 147 Å². The minimum absolute atomic E-state index is 0.0489. The minimum Gasteiger partial charge on any atom is -0.398 e. The predicted molar refractivity (Wildman–Crippen MR) is 93.1 cm³/mol. The Kier molecular flexibility index (Phi) is 4.76. The number of piperidine rings is 1. The number of carbonyl (C=O) groups is 1. The van der Waals surface area contributed by atoms with Crippen molar-refractivity contribution < 1.29 is 14.1 Å². The molecule has 3 rings (SSSR count). The van der Waals surface area contributed by atoms with Crippen molar-refractivity contribution in [3.63, 3.8) is 0 Å². The highest BCUT2D eigenvalue weighted by molar-refractivity contribution is 5.99. The van der Waals surface area contributed by atoms with Crippen LogP contribution >= 0.6 is 0 Å². The molecule has 2 aromatic rings. The molecule has 1 aliphatic rings. The molecule has 2 N–H and O–H groups in total. The lowest BCUT2D eigenvalue weighted by Crippen LogP contribution is -2.39. The summed E-state index contributed by atoms with van der Waals surface area (Å²) in [6, 6.07) is 7.15. The summed E-state index contributed by atoms with van der Waals surface area (Å²) in [5, 5.41) is 4.11. The molecule has 134 valence electrons. The molecule has 0 aliphatic carbocycles. The highest BCUT2D eigenvalue weighted by Gasteiger charge is 2.32. The first-order valence-electron chi connectivity index (χ1n) is 8.45. The average Bonchev–Trinajstić information content (AvgIpc) is 3.13. The summed E-state index contributed by atoms with van der Waals surface area (Å²) in [6.45, 7) is 5.01. The zero-order chi connectivity index (χ0) is 18.0. The van der Waals surface area contributed by atoms with E-state index in [0.29, 0.717) is 36.1 Å². The number of ether oxygens (including phenoxy) is 1. The average molecular weight is 344 g/mol. The maximum atomic E-state index is 12.8. The first kappa shape index (κ1) is 17.4. The lowest BCUT2D eigenvalue weighted by molar-refractivity contribution is -0.00787. The first-order chi connectivity index (χ1) is 11.9. The highest BCUT2D eigenvalue weighted by Crippen LogP contribution is 2.29. The fraction of sp³-hybridized carbons (Fsp3) is 0.500. The van der Waals surface area contributed by atoms with E-state index in [4.69, 9.17) is 15.0 Å². The minimum atomic E-state index is -0.631. The van der Waals surface area contributed by atoms with Gasteiger partial charge in [0.05, 0.1) is 5.56 Å². The maximum Gasteiger partial charge on any atom is 0.258 e. The number of carbonyl (C=O) groups excluding carboxylic acids is 1. The molecular weight excluding hydrogens is 320 g/mol. The van der Waals surface area contributed by atoms with E-state index < -0.39 is 5.60 Å². The third-order valence-electron chi connectivity index (χ3n) is 4.73. The number of rotatable bonds is 4. The van der Waals surface area contributed by atoms with Crippen molar-refractivity contribution >= 4 is 11.6 Å². The topological polar surface area (TPSA) is 94.5 Å². The van der Waals surface area contributed by atoms with Crippen LogP contribution < -0.4 is 5.73 Å². The van der Waals surface area contributed by atoms with Crippen LogP contribution in [-0.2, 0) is 10.3 Å². The van der Waals surface area contributed by atoms with Crippen LogP contribution in [0.15, 0.2) is 28.8 Å². The first-order valence-corrected chi connectivity index (χ1v) is 8.45. The number of hydrogen-bond donors (Lipinski definition) is 1. The molecule has 7 heteroatoms. The van der Waals surface area contributed by atoms with Gasteiger partial charge in [0, 0.05) is 31.8 Å². The molecule has 1 aliphatic heterocycles. The van der Waals surface area contributed by atoms with Crippen LogP contribution in [0.25, 0.3) is 0 Å². The zero-order valence-electron chi connectivity index (χ0n) is 14.9. The summed E-state index contributed by atoms with van der Waals surface area (Å²) in [4.78, 5) is 19.1. The van der Waals surface area contributed by atoms with Crippen molar-refractivity contribution in [2.45, 2.75) is 38.2 Å². The molecule has 1 unspecified atom stereocenters. The Morgan fingerprint density at radius 3 is 2.88 bits per heavy atom. The van der Waals surface area contributed by atoms with Crippen molar-refractivity contribution in [3.8, 4) is 0 Å². The van der Waals surface area contributed by atoms with Crippen LogP contribution in [0.3, 0.4) is 0 Å². The lowest BCUT2D eigenvalue weighted by atomic mass is 9.96. The molecule has 1 fully saturated rings. The van der Waals surface area contributed by atoms with Crippen molar-refractivity contribution in [2.24, 2.45) is 0 Å². The van der Waals surface area contributed by atoms with Crippen molar-refractivity contribution in [2.75, 3.05) is 25.9 Å². The number of likely N-dealkylation sites (tertiary alicyclic amines) is 1. The molecular formula is C18H24N4O3. The second-order valence-corrected chi connectivity index (χ2v) is 6.85. The van der Waals surface area contributed by atoms with Crippen LogP contribution in [0, 0.1) is 0 Å². The molecule has 0 bridgehead atoms. The summed E-state index contributed by atoms with van der Waals surface area (Å²) in [6.07, 6.45) is 1.81. The molecule has 7 nitrogen and oxygen atoms in total. The van der Waals surface area contributed by atoms with Gasteiger partial charge in [0.1, 0.15) is 5.60 Å². The highest BCUT2D eigenvalue weighted by atomic mass is 16.5. The van der Waals surface area contributed by atoms with Gasteiger partial charge in [-0.1, -0.05) is 17.3 Å². The lowest BCUT2D eigenvalue weighted by Gasteiger charge is -2.31. The number of aromatic nitrogens is 2. The van der Waals surface area contributed by atoms with Gasteiger partial charge in [0.2, 0.25) is 0 Å². The summed E-state index contributed by atoms with van der Waals surface area (Å²) in [7, 11) is 1.61. The zero-order valence-corrected chi connectivity index (χ0v) is 14.9. The SMILES string of the molecule is COC(C)(C)c1nc(C2CCCN(C(=O)c3ccccc3N)C2)no1. The van der Waals surface area contributed by atoms with Gasteiger partial charge in [-0.15, -0.1) is 0 Å². The predicted octanol–water partition coefficient (Wildman–Crippen LogP) is 2.55. The molecule has 0 spiro atoms. The second kappa shape index (κ2) is 6.84. The van der Waals surface area contributed by atoms with Crippen molar-refractivity contribution in [1.82, 2.24) is 15.0 Å². The van der Waals surface area contributed by atoms with E-state index in [2.05, 4.69) is 10.1 Å². The van der Waals surface area contributed by atoms with E-state index in [1.165, 1.54) is 0 Å². The molecule has 1 atom stereocenters. The van der Waals surface area contributed by atoms with Gasteiger partial charge in [-0.25, -0.2) is 0 Å². The molecule has 1 aromatic heterocycles. The Morgan fingerprint density at radius 2 is 2.16 bits per heavy atom. The Hall–Kier alpha value is -2.41.